The minimum Gasteiger partial charge on any atom is -0.494 e. The summed E-state index contributed by atoms with van der Waals surface area (Å²) in [5, 5.41) is 11.1. The maximum atomic E-state index is 11.1. The Balaban J connectivity index is 1.72. The van der Waals surface area contributed by atoms with Crippen LogP contribution in [0.15, 0.2) is 54.6 Å². The first-order valence-corrected chi connectivity index (χ1v) is 10.1. The summed E-state index contributed by atoms with van der Waals surface area (Å²) in [5.41, 5.74) is 2.20. The first-order chi connectivity index (χ1) is 12.8. The molecule has 140 valence electrons. The minimum atomic E-state index is -0.491. The van der Waals surface area contributed by atoms with Crippen molar-refractivity contribution in [2.24, 2.45) is 0 Å². The highest BCUT2D eigenvalue weighted by molar-refractivity contribution is 5.31. The van der Waals surface area contributed by atoms with Crippen molar-refractivity contribution in [3.63, 3.8) is 0 Å². The smallest absolute Gasteiger partial charge is 0.119 e. The number of hydrogen-bond donors (Lipinski definition) is 2. The molecule has 3 nitrogen and oxygen atoms in total. The number of unbranched alkanes of at least 4 members (excludes halogenated alkanes) is 1. The van der Waals surface area contributed by atoms with Crippen LogP contribution in [0, 0.1) is 0 Å². The highest BCUT2D eigenvalue weighted by Gasteiger charge is 2.28. The van der Waals surface area contributed by atoms with Crippen LogP contribution in [0.2, 0.25) is 0 Å². The standard InChI is InChI=1S/C23H31NO2/c1-2-3-17-26-21-13-11-20(12-14-21)23(25)22(18-24-15-7-8-16-24)19-9-5-4-6-10-19/h4-6,9-14,22-23,25H,2-3,7-8,15-18H2,1H3/p+1/t22-,23+/m1/s1. The molecule has 26 heavy (non-hydrogen) atoms. The monoisotopic (exact) mass is 354 g/mol. The van der Waals surface area contributed by atoms with Crippen LogP contribution in [0.25, 0.3) is 0 Å². The third-order valence-electron chi connectivity index (χ3n) is 5.42. The summed E-state index contributed by atoms with van der Waals surface area (Å²) in [6.45, 7) is 6.35. The molecule has 2 aromatic carbocycles. The molecule has 0 saturated carbocycles. The van der Waals surface area contributed by atoms with Gasteiger partial charge in [0.2, 0.25) is 0 Å². The lowest BCUT2D eigenvalue weighted by molar-refractivity contribution is -0.889. The molecule has 0 amide bonds. The van der Waals surface area contributed by atoms with E-state index >= 15 is 0 Å². The van der Waals surface area contributed by atoms with Crippen LogP contribution < -0.4 is 9.64 Å². The Bertz CT molecular complexity index is 635. The van der Waals surface area contributed by atoms with Gasteiger partial charge >= 0.3 is 0 Å². The van der Waals surface area contributed by atoms with Gasteiger partial charge in [0.05, 0.1) is 38.3 Å². The molecule has 0 radical (unpaired) electrons. The molecule has 1 aliphatic heterocycles. The van der Waals surface area contributed by atoms with Crippen molar-refractivity contribution in [2.75, 3.05) is 26.2 Å². The summed E-state index contributed by atoms with van der Waals surface area (Å²) in [7, 11) is 0. The lowest BCUT2D eigenvalue weighted by Gasteiger charge is -2.26. The van der Waals surface area contributed by atoms with Crippen LogP contribution in [-0.2, 0) is 0 Å². The lowest BCUT2D eigenvalue weighted by Crippen LogP contribution is -3.10. The summed E-state index contributed by atoms with van der Waals surface area (Å²) >= 11 is 0. The first-order valence-electron chi connectivity index (χ1n) is 10.1. The van der Waals surface area contributed by atoms with E-state index in [0.717, 1.165) is 37.3 Å². The van der Waals surface area contributed by atoms with E-state index in [2.05, 4.69) is 31.2 Å². The fourth-order valence-corrected chi connectivity index (χ4v) is 3.83. The summed E-state index contributed by atoms with van der Waals surface area (Å²) < 4.78 is 5.75. The summed E-state index contributed by atoms with van der Waals surface area (Å²) in [4.78, 5) is 1.61. The van der Waals surface area contributed by atoms with E-state index in [1.165, 1.54) is 31.5 Å². The Morgan fingerprint density at radius 1 is 0.962 bits per heavy atom. The third kappa shape index (κ3) is 5.09. The van der Waals surface area contributed by atoms with E-state index in [-0.39, 0.29) is 5.92 Å². The zero-order chi connectivity index (χ0) is 18.2. The molecule has 1 aliphatic rings. The van der Waals surface area contributed by atoms with Gasteiger partial charge in [-0.15, -0.1) is 0 Å². The number of quaternary nitrogens is 1. The van der Waals surface area contributed by atoms with Crippen molar-refractivity contribution in [1.29, 1.82) is 0 Å². The largest absolute Gasteiger partial charge is 0.494 e. The normalized spacial score (nSPS) is 17.2. The summed E-state index contributed by atoms with van der Waals surface area (Å²) in [5.74, 6) is 1.01. The molecule has 0 aromatic heterocycles. The SMILES string of the molecule is CCCCOc1ccc([C@H](O)[C@H](C[NH+]2CCCC2)c2ccccc2)cc1. The van der Waals surface area contributed by atoms with Gasteiger partial charge in [-0.05, 0) is 29.7 Å². The fourth-order valence-electron chi connectivity index (χ4n) is 3.83. The van der Waals surface area contributed by atoms with Gasteiger partial charge in [-0.25, -0.2) is 0 Å². The number of aliphatic hydroxyl groups excluding tert-OH is 1. The predicted molar refractivity (Wildman–Crippen MR) is 106 cm³/mol. The number of likely N-dealkylation sites (tertiary alicyclic amines) is 1. The van der Waals surface area contributed by atoms with Crippen molar-refractivity contribution < 1.29 is 14.7 Å². The van der Waals surface area contributed by atoms with E-state index < -0.39 is 6.10 Å². The average Bonchev–Trinajstić information content (AvgIpc) is 3.20. The maximum absolute atomic E-state index is 11.1. The molecule has 0 unspecified atom stereocenters. The molecule has 1 saturated heterocycles. The number of hydrogen-bond acceptors (Lipinski definition) is 2. The Hall–Kier alpha value is -1.84. The highest BCUT2D eigenvalue weighted by Crippen LogP contribution is 2.31. The molecule has 1 heterocycles. The predicted octanol–water partition coefficient (Wildman–Crippen LogP) is 3.36. The van der Waals surface area contributed by atoms with Gasteiger partial charge in [-0.1, -0.05) is 55.8 Å². The van der Waals surface area contributed by atoms with Crippen molar-refractivity contribution in [2.45, 2.75) is 44.6 Å². The van der Waals surface area contributed by atoms with E-state index in [4.69, 9.17) is 4.74 Å². The van der Waals surface area contributed by atoms with Crippen LogP contribution in [0.1, 0.15) is 55.8 Å². The van der Waals surface area contributed by atoms with Crippen LogP contribution in [0.3, 0.4) is 0 Å². The second-order valence-corrected chi connectivity index (χ2v) is 7.39. The summed E-state index contributed by atoms with van der Waals surface area (Å²) in [6, 6.07) is 18.5. The molecule has 1 fully saturated rings. The third-order valence-corrected chi connectivity index (χ3v) is 5.42. The van der Waals surface area contributed by atoms with Gasteiger partial charge in [0.1, 0.15) is 5.75 Å². The number of ether oxygens (including phenoxy) is 1. The van der Waals surface area contributed by atoms with E-state index in [1.807, 2.05) is 30.3 Å². The van der Waals surface area contributed by atoms with Crippen LogP contribution >= 0.6 is 0 Å². The van der Waals surface area contributed by atoms with Gasteiger partial charge < -0.3 is 14.7 Å². The number of benzene rings is 2. The quantitative estimate of drug-likeness (QED) is 0.677. The van der Waals surface area contributed by atoms with Gasteiger partial charge in [0.15, 0.2) is 0 Å². The average molecular weight is 355 g/mol. The Kier molecular flexibility index (Phi) is 7.10. The number of nitrogens with one attached hydrogen (secondary N) is 1. The van der Waals surface area contributed by atoms with Crippen LogP contribution in [-0.4, -0.2) is 31.3 Å². The topological polar surface area (TPSA) is 33.9 Å². The second-order valence-electron chi connectivity index (χ2n) is 7.39. The molecule has 0 bridgehead atoms. The van der Waals surface area contributed by atoms with Crippen LogP contribution in [0.5, 0.6) is 5.75 Å². The fraction of sp³-hybridized carbons (Fsp3) is 0.478. The molecule has 3 rings (SSSR count). The summed E-state index contributed by atoms with van der Waals surface area (Å²) in [6.07, 6.45) is 4.32. The molecule has 2 N–H and O–H groups in total. The van der Waals surface area contributed by atoms with E-state index in [1.54, 1.807) is 4.90 Å². The Morgan fingerprint density at radius 3 is 2.31 bits per heavy atom. The van der Waals surface area contributed by atoms with Gasteiger partial charge in [0.25, 0.3) is 0 Å². The van der Waals surface area contributed by atoms with Crippen molar-refractivity contribution in [3.8, 4) is 5.75 Å². The highest BCUT2D eigenvalue weighted by atomic mass is 16.5. The minimum absolute atomic E-state index is 0.121. The molecule has 2 aromatic rings. The van der Waals surface area contributed by atoms with E-state index in [0.29, 0.717) is 0 Å². The number of rotatable bonds is 9. The molecule has 0 aliphatic carbocycles. The van der Waals surface area contributed by atoms with E-state index in [9.17, 15) is 5.11 Å². The van der Waals surface area contributed by atoms with Crippen LogP contribution in [0.4, 0.5) is 0 Å². The van der Waals surface area contributed by atoms with Crippen molar-refractivity contribution in [3.05, 3.63) is 65.7 Å². The molecule has 2 atom stereocenters. The van der Waals surface area contributed by atoms with Crippen molar-refractivity contribution in [1.82, 2.24) is 0 Å². The Morgan fingerprint density at radius 2 is 1.65 bits per heavy atom. The zero-order valence-corrected chi connectivity index (χ0v) is 15.9. The lowest BCUT2D eigenvalue weighted by atomic mass is 9.88. The number of aliphatic hydroxyl groups is 1. The van der Waals surface area contributed by atoms with Gasteiger partial charge in [-0.3, -0.25) is 0 Å². The maximum Gasteiger partial charge on any atom is 0.119 e. The second kappa shape index (κ2) is 9.75. The zero-order valence-electron chi connectivity index (χ0n) is 15.9. The molecule has 0 spiro atoms. The Labute approximate surface area is 157 Å². The molecule has 3 heteroatoms. The molecular weight excluding hydrogens is 322 g/mol. The molecular formula is C23H32NO2+. The van der Waals surface area contributed by atoms with Gasteiger partial charge in [0, 0.05) is 12.8 Å². The first kappa shape index (κ1) is 18.9. The van der Waals surface area contributed by atoms with Gasteiger partial charge in [-0.2, -0.15) is 0 Å². The van der Waals surface area contributed by atoms with Crippen molar-refractivity contribution >= 4 is 0 Å².